The number of carbonyl (C=O) groups is 1. The monoisotopic (exact) mass is 242 g/mol. The molecule has 1 aromatic heterocycles. The molecular formula is C12H20NO2S+. The van der Waals surface area contributed by atoms with E-state index in [2.05, 4.69) is 13.8 Å². The molecular weight excluding hydrogens is 222 g/mol. The second-order valence-corrected chi connectivity index (χ2v) is 4.98. The average Bonchev–Trinajstić information content (AvgIpc) is 2.72. The highest BCUT2D eigenvalue weighted by Crippen LogP contribution is 2.14. The Balaban J connectivity index is 2.62. The number of unbranched alkanes of at least 4 members (excludes halogenated alkanes) is 1. The maximum atomic E-state index is 11.0. The van der Waals surface area contributed by atoms with E-state index in [0.29, 0.717) is 10.9 Å². The van der Waals surface area contributed by atoms with Gasteiger partial charge in [0.1, 0.15) is 0 Å². The Hall–Kier alpha value is -0.900. The van der Waals surface area contributed by atoms with Gasteiger partial charge >= 0.3 is 11.0 Å². The van der Waals surface area contributed by atoms with E-state index in [-0.39, 0.29) is 0 Å². The van der Waals surface area contributed by atoms with Gasteiger partial charge in [-0.1, -0.05) is 38.0 Å². The lowest BCUT2D eigenvalue weighted by Crippen LogP contribution is -2.40. The van der Waals surface area contributed by atoms with Crippen LogP contribution in [0.2, 0.25) is 0 Å². The molecule has 0 spiro atoms. The van der Waals surface area contributed by atoms with E-state index < -0.39 is 5.97 Å². The van der Waals surface area contributed by atoms with Gasteiger partial charge in [0.25, 0.3) is 0 Å². The Morgan fingerprint density at radius 1 is 1.56 bits per heavy atom. The molecule has 0 aliphatic heterocycles. The number of carboxylic acid groups (broad SMARTS) is 1. The molecule has 1 aromatic rings. The van der Waals surface area contributed by atoms with Crippen LogP contribution in [0.5, 0.6) is 0 Å². The van der Waals surface area contributed by atoms with Crippen molar-refractivity contribution in [3.8, 4) is 0 Å². The van der Waals surface area contributed by atoms with Crippen LogP contribution in [0.3, 0.4) is 0 Å². The van der Waals surface area contributed by atoms with Crippen LogP contribution in [0.4, 0.5) is 0 Å². The molecule has 0 amide bonds. The lowest BCUT2D eigenvalue weighted by Gasteiger charge is -2.09. The molecule has 0 aromatic carbocycles. The number of hydrogen-bond donors (Lipinski definition) is 1. The third-order valence-electron chi connectivity index (χ3n) is 2.86. The van der Waals surface area contributed by atoms with E-state index in [1.165, 1.54) is 30.6 Å². The van der Waals surface area contributed by atoms with Gasteiger partial charge in [-0.2, -0.15) is 4.57 Å². The van der Waals surface area contributed by atoms with Gasteiger partial charge in [-0.05, 0) is 12.8 Å². The second kappa shape index (κ2) is 6.63. The zero-order chi connectivity index (χ0) is 12.0. The van der Waals surface area contributed by atoms with Crippen LogP contribution in [-0.4, -0.2) is 11.1 Å². The molecule has 0 fully saturated rings. The Labute approximate surface area is 101 Å². The second-order valence-electron chi connectivity index (χ2n) is 4.08. The van der Waals surface area contributed by atoms with Gasteiger partial charge < -0.3 is 5.11 Å². The topological polar surface area (TPSA) is 41.2 Å². The SMILES string of the molecule is CCCCC(CC)C[n+]1ccsc1C(=O)O. The van der Waals surface area contributed by atoms with Crippen molar-refractivity contribution >= 4 is 17.3 Å². The van der Waals surface area contributed by atoms with Gasteiger partial charge in [-0.25, -0.2) is 4.79 Å². The minimum Gasteiger partial charge on any atom is -0.473 e. The van der Waals surface area contributed by atoms with Gasteiger partial charge in [0.15, 0.2) is 12.7 Å². The summed E-state index contributed by atoms with van der Waals surface area (Å²) in [6.07, 6.45) is 6.61. The smallest absolute Gasteiger partial charge is 0.412 e. The lowest BCUT2D eigenvalue weighted by atomic mass is 9.99. The van der Waals surface area contributed by atoms with Crippen LogP contribution in [0.15, 0.2) is 11.6 Å². The first-order chi connectivity index (χ1) is 7.69. The van der Waals surface area contributed by atoms with Crippen molar-refractivity contribution in [1.82, 2.24) is 0 Å². The molecule has 90 valence electrons. The summed E-state index contributed by atoms with van der Waals surface area (Å²) in [5.74, 6) is -0.224. The van der Waals surface area contributed by atoms with Crippen LogP contribution >= 0.6 is 11.3 Å². The molecule has 4 heteroatoms. The molecule has 0 aliphatic carbocycles. The third-order valence-corrected chi connectivity index (χ3v) is 3.75. The molecule has 1 unspecified atom stereocenters. The van der Waals surface area contributed by atoms with Gasteiger partial charge in [-0.15, -0.1) is 0 Å². The quantitative estimate of drug-likeness (QED) is 0.747. The first-order valence-electron chi connectivity index (χ1n) is 5.89. The summed E-state index contributed by atoms with van der Waals surface area (Å²) in [6, 6.07) is 0. The normalized spacial score (nSPS) is 12.6. The van der Waals surface area contributed by atoms with Crippen molar-refractivity contribution < 1.29 is 14.5 Å². The molecule has 1 atom stereocenters. The number of aromatic nitrogens is 1. The summed E-state index contributed by atoms with van der Waals surface area (Å²) in [7, 11) is 0. The first kappa shape index (κ1) is 13.2. The van der Waals surface area contributed by atoms with Crippen LogP contribution in [0.25, 0.3) is 0 Å². The van der Waals surface area contributed by atoms with E-state index >= 15 is 0 Å². The van der Waals surface area contributed by atoms with Crippen LogP contribution in [-0.2, 0) is 6.54 Å². The predicted octanol–water partition coefficient (Wildman–Crippen LogP) is 2.95. The zero-order valence-corrected chi connectivity index (χ0v) is 10.8. The standard InChI is InChI=1S/C12H19NO2S/c1-3-5-6-10(4-2)9-13-7-8-16-11(13)12(14)15/h7-8,10H,3-6,9H2,1-2H3/p+1. The minimum atomic E-state index is -0.819. The minimum absolute atomic E-state index is 0.440. The molecule has 1 N–H and O–H groups in total. The zero-order valence-electron chi connectivity index (χ0n) is 9.98. The van der Waals surface area contributed by atoms with Crippen molar-refractivity contribution in [2.24, 2.45) is 5.92 Å². The maximum Gasteiger partial charge on any atom is 0.412 e. The van der Waals surface area contributed by atoms with E-state index in [1.54, 1.807) is 0 Å². The molecule has 16 heavy (non-hydrogen) atoms. The largest absolute Gasteiger partial charge is 0.473 e. The number of rotatable bonds is 7. The average molecular weight is 242 g/mol. The van der Waals surface area contributed by atoms with Gasteiger partial charge in [0, 0.05) is 5.92 Å². The summed E-state index contributed by atoms with van der Waals surface area (Å²) < 4.78 is 1.87. The van der Waals surface area contributed by atoms with Gasteiger partial charge in [-0.3, -0.25) is 0 Å². The predicted molar refractivity (Wildman–Crippen MR) is 64.8 cm³/mol. The number of aromatic carboxylic acids is 1. The van der Waals surface area contributed by atoms with E-state index in [9.17, 15) is 4.79 Å². The third kappa shape index (κ3) is 3.59. The number of nitrogens with zero attached hydrogens (tertiary/aromatic N) is 1. The molecule has 1 heterocycles. The van der Waals surface area contributed by atoms with Gasteiger partial charge in [0.2, 0.25) is 0 Å². The summed E-state index contributed by atoms with van der Waals surface area (Å²) in [5.41, 5.74) is 0. The highest BCUT2D eigenvalue weighted by Gasteiger charge is 2.22. The van der Waals surface area contributed by atoms with Crippen molar-refractivity contribution in [3.05, 3.63) is 16.6 Å². The molecule has 0 saturated heterocycles. The van der Waals surface area contributed by atoms with E-state index in [1.807, 2.05) is 16.1 Å². The summed E-state index contributed by atoms with van der Waals surface area (Å²) in [4.78, 5) is 11.0. The van der Waals surface area contributed by atoms with Crippen LogP contribution in [0, 0.1) is 5.92 Å². The number of hydrogen-bond acceptors (Lipinski definition) is 2. The Morgan fingerprint density at radius 2 is 2.31 bits per heavy atom. The number of thiazole rings is 1. The molecule has 0 saturated carbocycles. The van der Waals surface area contributed by atoms with Crippen LogP contribution in [0.1, 0.15) is 49.3 Å². The summed E-state index contributed by atoms with van der Waals surface area (Å²) >= 11 is 1.30. The Morgan fingerprint density at radius 3 is 2.88 bits per heavy atom. The fourth-order valence-corrected chi connectivity index (χ4v) is 2.52. The van der Waals surface area contributed by atoms with Crippen molar-refractivity contribution in [2.75, 3.05) is 0 Å². The first-order valence-corrected chi connectivity index (χ1v) is 6.77. The number of carboxylic acids is 1. The Bertz CT molecular complexity index is 336. The van der Waals surface area contributed by atoms with Gasteiger partial charge in [0.05, 0.1) is 5.38 Å². The van der Waals surface area contributed by atoms with Crippen molar-refractivity contribution in [2.45, 2.75) is 46.1 Å². The highest BCUT2D eigenvalue weighted by molar-refractivity contribution is 7.11. The lowest BCUT2D eigenvalue weighted by molar-refractivity contribution is -0.701. The van der Waals surface area contributed by atoms with E-state index in [0.717, 1.165) is 13.0 Å². The van der Waals surface area contributed by atoms with Crippen LogP contribution < -0.4 is 4.57 Å². The molecule has 0 aliphatic rings. The fraction of sp³-hybridized carbons (Fsp3) is 0.667. The highest BCUT2D eigenvalue weighted by atomic mass is 32.1. The Kier molecular flexibility index (Phi) is 5.46. The molecule has 0 bridgehead atoms. The molecule has 1 rings (SSSR count). The van der Waals surface area contributed by atoms with E-state index in [4.69, 9.17) is 5.11 Å². The maximum absolute atomic E-state index is 11.0. The van der Waals surface area contributed by atoms with Crippen molar-refractivity contribution in [3.63, 3.8) is 0 Å². The molecule has 3 nitrogen and oxygen atoms in total. The molecule has 0 radical (unpaired) electrons. The fourth-order valence-electron chi connectivity index (χ4n) is 1.82. The van der Waals surface area contributed by atoms with Crippen molar-refractivity contribution in [1.29, 1.82) is 0 Å². The summed E-state index contributed by atoms with van der Waals surface area (Å²) in [5, 5.41) is 11.3. The summed E-state index contributed by atoms with van der Waals surface area (Å²) in [6.45, 7) is 5.20.